The summed E-state index contributed by atoms with van der Waals surface area (Å²) in [5.74, 6) is 1.54. The predicted octanol–water partition coefficient (Wildman–Crippen LogP) is 3.66. The third kappa shape index (κ3) is 4.66. The van der Waals surface area contributed by atoms with Crippen LogP contribution in [0.15, 0.2) is 54.1 Å². The topological polar surface area (TPSA) is 86.3 Å². The van der Waals surface area contributed by atoms with Crippen LogP contribution in [0.1, 0.15) is 24.8 Å². The summed E-state index contributed by atoms with van der Waals surface area (Å²) >= 11 is 0. The number of hydrogen-bond donors (Lipinski definition) is 1. The number of methoxy groups -OCH3 is 3. The first-order chi connectivity index (χ1) is 16.6. The third-order valence-electron chi connectivity index (χ3n) is 6.36. The molecule has 2 heterocycles. The lowest BCUT2D eigenvalue weighted by Gasteiger charge is -2.37. The number of benzene rings is 2. The Bertz CT molecular complexity index is 1070. The molecule has 1 N–H and O–H groups in total. The van der Waals surface area contributed by atoms with Gasteiger partial charge in [-0.1, -0.05) is 24.3 Å². The lowest BCUT2D eigenvalue weighted by molar-refractivity contribution is -0.136. The zero-order chi connectivity index (χ0) is 24.1. The molecule has 2 aliphatic rings. The first kappa shape index (κ1) is 23.5. The standard InChI is InChI=1S/C26H30N2O6/c1-31-22-12-9-17(15-23(22)32-2)20-16-18-10-11-21(24(20)25(29)33-3)28(18)26(30)27-13-14-34-19-7-5-4-6-8-19/h4-9,12,15,18,21H,10-11,13-14,16H2,1-3H3,(H,27,30)/t18-,21+/m0/s1. The molecule has 1 fully saturated rings. The summed E-state index contributed by atoms with van der Waals surface area (Å²) in [7, 11) is 4.53. The van der Waals surface area contributed by atoms with Crippen LogP contribution in [0.4, 0.5) is 4.79 Å². The van der Waals surface area contributed by atoms with Gasteiger partial charge >= 0.3 is 12.0 Å². The van der Waals surface area contributed by atoms with Crippen LogP contribution < -0.4 is 19.5 Å². The Morgan fingerprint density at radius 1 is 1.00 bits per heavy atom. The molecule has 0 spiro atoms. The van der Waals surface area contributed by atoms with Gasteiger partial charge in [0.1, 0.15) is 12.4 Å². The molecule has 2 amide bonds. The van der Waals surface area contributed by atoms with Gasteiger partial charge in [0, 0.05) is 6.04 Å². The number of esters is 1. The first-order valence-corrected chi connectivity index (χ1v) is 11.3. The van der Waals surface area contributed by atoms with Crippen LogP contribution in [0.3, 0.4) is 0 Å². The second-order valence-corrected chi connectivity index (χ2v) is 8.21. The molecule has 8 nitrogen and oxygen atoms in total. The quantitative estimate of drug-likeness (QED) is 0.472. The number of rotatable bonds is 8. The van der Waals surface area contributed by atoms with Crippen molar-refractivity contribution in [2.45, 2.75) is 31.3 Å². The van der Waals surface area contributed by atoms with E-state index in [1.165, 1.54) is 7.11 Å². The molecule has 0 aromatic heterocycles. The highest BCUT2D eigenvalue weighted by atomic mass is 16.5. The lowest BCUT2D eigenvalue weighted by Crippen LogP contribution is -2.51. The summed E-state index contributed by atoms with van der Waals surface area (Å²) in [6.07, 6.45) is 2.08. The second kappa shape index (κ2) is 10.5. The Kier molecular flexibility index (Phi) is 7.25. The summed E-state index contributed by atoms with van der Waals surface area (Å²) < 4.78 is 21.6. The van der Waals surface area contributed by atoms with E-state index in [4.69, 9.17) is 18.9 Å². The minimum Gasteiger partial charge on any atom is -0.493 e. The number of fused-ring (bicyclic) bond motifs is 2. The van der Waals surface area contributed by atoms with E-state index in [-0.39, 0.29) is 18.1 Å². The molecule has 180 valence electrons. The van der Waals surface area contributed by atoms with Gasteiger partial charge in [-0.15, -0.1) is 0 Å². The minimum absolute atomic E-state index is 0.00320. The van der Waals surface area contributed by atoms with Crippen molar-refractivity contribution in [1.29, 1.82) is 0 Å². The Labute approximate surface area is 199 Å². The van der Waals surface area contributed by atoms with Gasteiger partial charge in [0.2, 0.25) is 0 Å². The van der Waals surface area contributed by atoms with E-state index in [2.05, 4.69) is 5.32 Å². The van der Waals surface area contributed by atoms with Gasteiger partial charge in [-0.25, -0.2) is 9.59 Å². The molecule has 0 aliphatic carbocycles. The Morgan fingerprint density at radius 3 is 2.47 bits per heavy atom. The molecular weight excluding hydrogens is 436 g/mol. The number of urea groups is 1. The van der Waals surface area contributed by atoms with E-state index in [9.17, 15) is 9.59 Å². The predicted molar refractivity (Wildman–Crippen MR) is 127 cm³/mol. The van der Waals surface area contributed by atoms with E-state index < -0.39 is 5.97 Å². The van der Waals surface area contributed by atoms with Gasteiger partial charge in [0.05, 0.1) is 39.5 Å². The van der Waals surface area contributed by atoms with Crippen molar-refractivity contribution in [2.75, 3.05) is 34.5 Å². The maximum Gasteiger partial charge on any atom is 0.336 e. The van der Waals surface area contributed by atoms with Crippen LogP contribution in [0.25, 0.3) is 5.57 Å². The Hall–Kier alpha value is -3.68. The number of nitrogens with one attached hydrogen (secondary N) is 1. The molecule has 2 atom stereocenters. The van der Waals surface area contributed by atoms with Gasteiger partial charge in [-0.05, 0) is 54.7 Å². The average molecular weight is 467 g/mol. The smallest absolute Gasteiger partial charge is 0.336 e. The monoisotopic (exact) mass is 466 g/mol. The molecular formula is C26H30N2O6. The van der Waals surface area contributed by atoms with Gasteiger partial charge in [0.25, 0.3) is 0 Å². The SMILES string of the molecule is COC(=O)C1=C(c2ccc(OC)c(OC)c2)C[C@@H]2CC[C@H]1N2C(=O)NCCOc1ccccc1. The highest BCUT2D eigenvalue weighted by Gasteiger charge is 2.46. The van der Waals surface area contributed by atoms with Crippen LogP contribution in [0, 0.1) is 0 Å². The molecule has 4 rings (SSSR count). The van der Waals surface area contributed by atoms with Crippen molar-refractivity contribution in [2.24, 2.45) is 0 Å². The van der Waals surface area contributed by atoms with Crippen molar-refractivity contribution < 1.29 is 28.5 Å². The number of ether oxygens (including phenoxy) is 4. The molecule has 2 aliphatic heterocycles. The molecule has 2 bridgehead atoms. The van der Waals surface area contributed by atoms with Crippen LogP contribution in [-0.2, 0) is 9.53 Å². The summed E-state index contributed by atoms with van der Waals surface area (Å²) in [6, 6.07) is 14.5. The second-order valence-electron chi connectivity index (χ2n) is 8.21. The van der Waals surface area contributed by atoms with Crippen LogP contribution in [0.2, 0.25) is 0 Å². The third-order valence-corrected chi connectivity index (χ3v) is 6.36. The largest absolute Gasteiger partial charge is 0.493 e. The number of hydrogen-bond acceptors (Lipinski definition) is 6. The fourth-order valence-electron chi connectivity index (χ4n) is 4.82. The molecule has 1 saturated heterocycles. The summed E-state index contributed by atoms with van der Waals surface area (Å²) in [4.78, 5) is 27.8. The zero-order valence-electron chi connectivity index (χ0n) is 19.7. The van der Waals surface area contributed by atoms with Crippen LogP contribution in [0.5, 0.6) is 17.2 Å². The molecule has 0 saturated carbocycles. The van der Waals surface area contributed by atoms with Crippen LogP contribution in [-0.4, -0.2) is 63.5 Å². The van der Waals surface area contributed by atoms with E-state index in [0.717, 1.165) is 23.3 Å². The summed E-state index contributed by atoms with van der Waals surface area (Å²) in [6.45, 7) is 0.721. The van der Waals surface area contributed by atoms with E-state index in [0.29, 0.717) is 43.1 Å². The van der Waals surface area contributed by atoms with Gasteiger partial charge in [-0.2, -0.15) is 0 Å². The van der Waals surface area contributed by atoms with Gasteiger partial charge in [-0.3, -0.25) is 0 Å². The summed E-state index contributed by atoms with van der Waals surface area (Å²) in [5, 5.41) is 2.94. The summed E-state index contributed by atoms with van der Waals surface area (Å²) in [5.41, 5.74) is 2.28. The minimum atomic E-state index is -0.416. The number of nitrogens with zero attached hydrogens (tertiary/aromatic N) is 1. The van der Waals surface area contributed by atoms with Crippen molar-refractivity contribution in [3.63, 3.8) is 0 Å². The Balaban J connectivity index is 1.53. The number of carbonyl (C=O) groups excluding carboxylic acids is 2. The maximum atomic E-state index is 13.1. The Morgan fingerprint density at radius 2 is 1.76 bits per heavy atom. The van der Waals surface area contributed by atoms with Crippen LogP contribution >= 0.6 is 0 Å². The van der Waals surface area contributed by atoms with E-state index in [1.807, 2.05) is 48.5 Å². The number of para-hydroxylation sites is 1. The van der Waals surface area contributed by atoms with E-state index >= 15 is 0 Å². The molecule has 2 aromatic rings. The highest BCUT2D eigenvalue weighted by molar-refractivity contribution is 6.01. The number of amides is 2. The molecule has 2 aromatic carbocycles. The van der Waals surface area contributed by atoms with E-state index in [1.54, 1.807) is 19.1 Å². The molecule has 0 unspecified atom stereocenters. The normalized spacial score (nSPS) is 19.0. The molecule has 8 heteroatoms. The van der Waals surface area contributed by atoms with Crippen molar-refractivity contribution in [3.8, 4) is 17.2 Å². The maximum absolute atomic E-state index is 13.1. The fraction of sp³-hybridized carbons (Fsp3) is 0.385. The van der Waals surface area contributed by atoms with Crippen molar-refractivity contribution >= 4 is 17.6 Å². The highest BCUT2D eigenvalue weighted by Crippen LogP contribution is 2.44. The van der Waals surface area contributed by atoms with Gasteiger partial charge in [0.15, 0.2) is 11.5 Å². The zero-order valence-corrected chi connectivity index (χ0v) is 19.7. The van der Waals surface area contributed by atoms with Crippen molar-refractivity contribution in [3.05, 3.63) is 59.7 Å². The number of carbonyl (C=O) groups is 2. The first-order valence-electron chi connectivity index (χ1n) is 11.3. The molecule has 0 radical (unpaired) electrons. The molecule has 34 heavy (non-hydrogen) atoms. The fourth-order valence-corrected chi connectivity index (χ4v) is 4.82. The lowest BCUT2D eigenvalue weighted by atomic mass is 9.88. The van der Waals surface area contributed by atoms with Gasteiger partial charge < -0.3 is 29.2 Å². The van der Waals surface area contributed by atoms with Crippen molar-refractivity contribution in [1.82, 2.24) is 10.2 Å². The average Bonchev–Trinajstić information content (AvgIpc) is 3.19.